The SMILES string of the molecule is NC(=NCCCc1ccccc1)c1ccc(F)cc1. The molecule has 0 aliphatic rings. The minimum Gasteiger partial charge on any atom is -0.384 e. The van der Waals surface area contributed by atoms with E-state index in [0.29, 0.717) is 12.4 Å². The highest BCUT2D eigenvalue weighted by molar-refractivity contribution is 5.97. The number of aryl methyl sites for hydroxylation is 1. The lowest BCUT2D eigenvalue weighted by atomic mass is 10.1. The topological polar surface area (TPSA) is 38.4 Å². The Labute approximate surface area is 112 Å². The second-order valence-corrected chi connectivity index (χ2v) is 4.36. The average Bonchev–Trinajstić information content (AvgIpc) is 2.45. The van der Waals surface area contributed by atoms with Crippen molar-refractivity contribution < 1.29 is 4.39 Å². The first-order valence-corrected chi connectivity index (χ1v) is 6.35. The van der Waals surface area contributed by atoms with Crippen molar-refractivity contribution in [3.63, 3.8) is 0 Å². The van der Waals surface area contributed by atoms with Gasteiger partial charge in [-0.1, -0.05) is 30.3 Å². The zero-order valence-electron chi connectivity index (χ0n) is 10.7. The van der Waals surface area contributed by atoms with Crippen LogP contribution in [0.15, 0.2) is 59.6 Å². The minimum atomic E-state index is -0.263. The van der Waals surface area contributed by atoms with E-state index in [0.717, 1.165) is 18.4 Å². The van der Waals surface area contributed by atoms with E-state index in [9.17, 15) is 4.39 Å². The van der Waals surface area contributed by atoms with Gasteiger partial charge in [-0.3, -0.25) is 4.99 Å². The van der Waals surface area contributed by atoms with E-state index in [1.165, 1.54) is 17.7 Å². The van der Waals surface area contributed by atoms with Crippen molar-refractivity contribution in [1.82, 2.24) is 0 Å². The van der Waals surface area contributed by atoms with Gasteiger partial charge >= 0.3 is 0 Å². The zero-order valence-corrected chi connectivity index (χ0v) is 10.7. The number of aliphatic imine (C=N–C) groups is 1. The molecule has 19 heavy (non-hydrogen) atoms. The molecule has 2 aromatic rings. The molecule has 0 amide bonds. The number of nitrogens with zero attached hydrogens (tertiary/aromatic N) is 1. The number of hydrogen-bond donors (Lipinski definition) is 1. The predicted octanol–water partition coefficient (Wildman–Crippen LogP) is 3.16. The van der Waals surface area contributed by atoms with Gasteiger partial charge in [0.15, 0.2) is 0 Å². The van der Waals surface area contributed by atoms with Gasteiger partial charge in [-0.05, 0) is 42.7 Å². The monoisotopic (exact) mass is 256 g/mol. The van der Waals surface area contributed by atoms with Crippen molar-refractivity contribution in [1.29, 1.82) is 0 Å². The third kappa shape index (κ3) is 4.21. The van der Waals surface area contributed by atoms with E-state index in [1.54, 1.807) is 12.1 Å². The number of amidine groups is 1. The van der Waals surface area contributed by atoms with Crippen LogP contribution in [-0.4, -0.2) is 12.4 Å². The number of halogens is 1. The van der Waals surface area contributed by atoms with Crippen LogP contribution < -0.4 is 5.73 Å². The zero-order chi connectivity index (χ0) is 13.5. The molecule has 2 rings (SSSR count). The highest BCUT2D eigenvalue weighted by Crippen LogP contribution is 2.04. The molecule has 2 aromatic carbocycles. The highest BCUT2D eigenvalue weighted by Gasteiger charge is 1.98. The molecule has 0 spiro atoms. The molecule has 0 aliphatic heterocycles. The molecule has 0 aromatic heterocycles. The fourth-order valence-electron chi connectivity index (χ4n) is 1.84. The number of hydrogen-bond acceptors (Lipinski definition) is 1. The molecule has 0 atom stereocenters. The van der Waals surface area contributed by atoms with Crippen molar-refractivity contribution in [3.8, 4) is 0 Å². The fraction of sp³-hybridized carbons (Fsp3) is 0.188. The van der Waals surface area contributed by atoms with Gasteiger partial charge in [0.05, 0.1) is 0 Å². The summed E-state index contributed by atoms with van der Waals surface area (Å²) in [7, 11) is 0. The Morgan fingerprint density at radius 2 is 1.68 bits per heavy atom. The van der Waals surface area contributed by atoms with Crippen LogP contribution in [0.25, 0.3) is 0 Å². The molecule has 0 aliphatic carbocycles. The summed E-state index contributed by atoms with van der Waals surface area (Å²) in [5.41, 5.74) is 7.92. The maximum atomic E-state index is 12.8. The fourth-order valence-corrected chi connectivity index (χ4v) is 1.84. The van der Waals surface area contributed by atoms with Gasteiger partial charge in [-0.15, -0.1) is 0 Å². The summed E-state index contributed by atoms with van der Waals surface area (Å²) in [5.74, 6) is 0.202. The van der Waals surface area contributed by atoms with Gasteiger partial charge in [0.2, 0.25) is 0 Å². The standard InChI is InChI=1S/C16H17FN2/c17-15-10-8-14(9-11-15)16(18)19-12-4-7-13-5-2-1-3-6-13/h1-3,5-6,8-11H,4,7,12H2,(H2,18,19). The van der Waals surface area contributed by atoms with Crippen LogP contribution >= 0.6 is 0 Å². The summed E-state index contributed by atoms with van der Waals surface area (Å²) in [4.78, 5) is 4.31. The van der Waals surface area contributed by atoms with Crippen molar-refractivity contribution in [2.45, 2.75) is 12.8 Å². The van der Waals surface area contributed by atoms with E-state index in [4.69, 9.17) is 5.73 Å². The van der Waals surface area contributed by atoms with Crippen molar-refractivity contribution in [2.24, 2.45) is 10.7 Å². The Bertz CT molecular complexity index is 532. The van der Waals surface area contributed by atoms with Gasteiger partial charge in [0.25, 0.3) is 0 Å². The summed E-state index contributed by atoms with van der Waals surface area (Å²) in [5, 5.41) is 0. The maximum Gasteiger partial charge on any atom is 0.125 e. The second kappa shape index (κ2) is 6.69. The molecule has 98 valence electrons. The van der Waals surface area contributed by atoms with Crippen LogP contribution in [0.4, 0.5) is 4.39 Å². The highest BCUT2D eigenvalue weighted by atomic mass is 19.1. The lowest BCUT2D eigenvalue weighted by Gasteiger charge is -2.02. The third-order valence-corrected chi connectivity index (χ3v) is 2.89. The summed E-state index contributed by atoms with van der Waals surface area (Å²) >= 11 is 0. The van der Waals surface area contributed by atoms with E-state index < -0.39 is 0 Å². The first-order valence-electron chi connectivity index (χ1n) is 6.35. The Balaban J connectivity index is 1.84. The van der Waals surface area contributed by atoms with Crippen LogP contribution in [0.5, 0.6) is 0 Å². The normalized spacial score (nSPS) is 11.5. The first-order chi connectivity index (χ1) is 9.25. The molecule has 0 heterocycles. The van der Waals surface area contributed by atoms with Crippen LogP contribution in [0.3, 0.4) is 0 Å². The molecule has 0 bridgehead atoms. The third-order valence-electron chi connectivity index (χ3n) is 2.89. The van der Waals surface area contributed by atoms with Gasteiger partial charge < -0.3 is 5.73 Å². The number of benzene rings is 2. The molecule has 0 saturated carbocycles. The lowest BCUT2D eigenvalue weighted by molar-refractivity contribution is 0.628. The van der Waals surface area contributed by atoms with E-state index in [1.807, 2.05) is 18.2 Å². The Morgan fingerprint density at radius 3 is 2.37 bits per heavy atom. The van der Waals surface area contributed by atoms with Crippen molar-refractivity contribution >= 4 is 5.84 Å². The molecule has 0 unspecified atom stereocenters. The van der Waals surface area contributed by atoms with Gasteiger partial charge in [-0.25, -0.2) is 4.39 Å². The van der Waals surface area contributed by atoms with Crippen molar-refractivity contribution in [3.05, 3.63) is 71.5 Å². The van der Waals surface area contributed by atoms with Crippen LogP contribution in [0, 0.1) is 5.82 Å². The minimum absolute atomic E-state index is 0.263. The molecule has 3 heteroatoms. The predicted molar refractivity (Wildman–Crippen MR) is 76.8 cm³/mol. The lowest BCUT2D eigenvalue weighted by Crippen LogP contribution is -2.14. The Kier molecular flexibility index (Phi) is 4.67. The van der Waals surface area contributed by atoms with E-state index in [2.05, 4.69) is 17.1 Å². The quantitative estimate of drug-likeness (QED) is 0.498. The average molecular weight is 256 g/mol. The summed E-state index contributed by atoms with van der Waals surface area (Å²) in [6.45, 7) is 0.679. The smallest absolute Gasteiger partial charge is 0.125 e. The van der Waals surface area contributed by atoms with Crippen LogP contribution in [-0.2, 0) is 6.42 Å². The summed E-state index contributed by atoms with van der Waals surface area (Å²) < 4.78 is 12.8. The Hall–Kier alpha value is -2.16. The maximum absolute atomic E-state index is 12.8. The van der Waals surface area contributed by atoms with Crippen molar-refractivity contribution in [2.75, 3.05) is 6.54 Å². The van der Waals surface area contributed by atoms with E-state index >= 15 is 0 Å². The molecule has 2 nitrogen and oxygen atoms in total. The first kappa shape index (κ1) is 13.3. The molecule has 0 fully saturated rings. The largest absolute Gasteiger partial charge is 0.384 e. The van der Waals surface area contributed by atoms with Crippen LogP contribution in [0.2, 0.25) is 0 Å². The molecular weight excluding hydrogens is 239 g/mol. The molecular formula is C16H17FN2. The molecule has 0 saturated heterocycles. The van der Waals surface area contributed by atoms with E-state index in [-0.39, 0.29) is 5.82 Å². The van der Waals surface area contributed by atoms with Gasteiger partial charge in [0, 0.05) is 12.1 Å². The number of nitrogens with two attached hydrogens (primary N) is 1. The number of rotatable bonds is 5. The molecule has 0 radical (unpaired) electrons. The summed E-state index contributed by atoms with van der Waals surface area (Å²) in [6.07, 6.45) is 1.94. The second-order valence-electron chi connectivity index (χ2n) is 4.36. The summed E-state index contributed by atoms with van der Waals surface area (Å²) in [6, 6.07) is 16.4. The molecule has 2 N–H and O–H groups in total. The van der Waals surface area contributed by atoms with Gasteiger partial charge in [0.1, 0.15) is 11.7 Å². The van der Waals surface area contributed by atoms with Gasteiger partial charge in [-0.2, -0.15) is 0 Å². The Morgan fingerprint density at radius 1 is 1.00 bits per heavy atom. The van der Waals surface area contributed by atoms with Crippen LogP contribution in [0.1, 0.15) is 17.5 Å².